The van der Waals surface area contributed by atoms with E-state index >= 15 is 0 Å². The Hall–Kier alpha value is -0.710. The molecule has 0 saturated carbocycles. The van der Waals surface area contributed by atoms with Crippen molar-refractivity contribution in [2.45, 2.75) is 11.3 Å². The normalized spacial score (nSPS) is 10.9. The minimum absolute atomic E-state index is 0.918. The first-order valence-electron chi connectivity index (χ1n) is 6.34. The molecule has 0 aliphatic carbocycles. The number of nitrogens with zero attached hydrogens (tertiary/aromatic N) is 1. The van der Waals surface area contributed by atoms with Crippen LogP contribution < -0.4 is 10.1 Å². The summed E-state index contributed by atoms with van der Waals surface area (Å²) in [5.41, 5.74) is 0. The van der Waals surface area contributed by atoms with Crippen LogP contribution in [0.15, 0.2) is 29.2 Å². The molecular weight excluding hydrogens is 244 g/mol. The third-order valence-corrected chi connectivity index (χ3v) is 3.58. The molecule has 0 heterocycles. The van der Waals surface area contributed by atoms with Gasteiger partial charge in [-0.15, -0.1) is 11.8 Å². The zero-order valence-corrected chi connectivity index (χ0v) is 12.4. The summed E-state index contributed by atoms with van der Waals surface area (Å²) >= 11 is 1.88. The van der Waals surface area contributed by atoms with Crippen LogP contribution in [0.25, 0.3) is 0 Å². The second kappa shape index (κ2) is 9.25. The summed E-state index contributed by atoms with van der Waals surface area (Å²) in [5.74, 6) is 2.02. The number of methoxy groups -OCH3 is 1. The second-order valence-corrected chi connectivity index (χ2v) is 5.60. The lowest BCUT2D eigenvalue weighted by Gasteiger charge is -2.09. The first-order valence-corrected chi connectivity index (χ1v) is 7.33. The third kappa shape index (κ3) is 6.89. The van der Waals surface area contributed by atoms with Gasteiger partial charge in [0.25, 0.3) is 0 Å². The Morgan fingerprint density at radius 2 is 1.89 bits per heavy atom. The van der Waals surface area contributed by atoms with Crippen LogP contribution in [-0.4, -0.2) is 51.5 Å². The molecule has 0 aliphatic heterocycles. The molecule has 18 heavy (non-hydrogen) atoms. The van der Waals surface area contributed by atoms with Crippen molar-refractivity contribution in [1.82, 2.24) is 10.2 Å². The Kier molecular flexibility index (Phi) is 7.89. The van der Waals surface area contributed by atoms with Crippen molar-refractivity contribution >= 4 is 11.8 Å². The summed E-state index contributed by atoms with van der Waals surface area (Å²) in [6.07, 6.45) is 1.21. The highest BCUT2D eigenvalue weighted by molar-refractivity contribution is 7.99. The Labute approximate surface area is 115 Å². The Bertz CT molecular complexity index is 314. The van der Waals surface area contributed by atoms with Gasteiger partial charge in [-0.3, -0.25) is 0 Å². The number of thioether (sulfide) groups is 1. The molecule has 1 aromatic carbocycles. The van der Waals surface area contributed by atoms with Gasteiger partial charge in [0.05, 0.1) is 7.11 Å². The highest BCUT2D eigenvalue weighted by atomic mass is 32.2. The SMILES string of the molecule is COc1ccc(SCCNCCCN(C)C)cc1. The zero-order chi connectivity index (χ0) is 13.2. The van der Waals surface area contributed by atoms with E-state index in [9.17, 15) is 0 Å². The summed E-state index contributed by atoms with van der Waals surface area (Å²) in [7, 11) is 5.92. The summed E-state index contributed by atoms with van der Waals surface area (Å²) < 4.78 is 5.13. The monoisotopic (exact) mass is 268 g/mol. The fraction of sp³-hybridized carbons (Fsp3) is 0.571. The summed E-state index contributed by atoms with van der Waals surface area (Å²) in [6, 6.07) is 8.23. The molecule has 1 aromatic rings. The van der Waals surface area contributed by atoms with Crippen LogP contribution in [0.2, 0.25) is 0 Å². The van der Waals surface area contributed by atoms with E-state index in [1.165, 1.54) is 11.3 Å². The van der Waals surface area contributed by atoms with Crippen molar-refractivity contribution in [3.05, 3.63) is 24.3 Å². The topological polar surface area (TPSA) is 24.5 Å². The lowest BCUT2D eigenvalue weighted by Crippen LogP contribution is -2.23. The molecule has 0 spiro atoms. The highest BCUT2D eigenvalue weighted by Crippen LogP contribution is 2.20. The van der Waals surface area contributed by atoms with E-state index in [0.29, 0.717) is 0 Å². The van der Waals surface area contributed by atoms with Crippen LogP contribution in [0.5, 0.6) is 5.75 Å². The summed E-state index contributed by atoms with van der Waals surface area (Å²) in [5, 5.41) is 3.46. The van der Waals surface area contributed by atoms with Gasteiger partial charge in [0, 0.05) is 17.2 Å². The largest absolute Gasteiger partial charge is 0.497 e. The van der Waals surface area contributed by atoms with Gasteiger partial charge in [0.2, 0.25) is 0 Å². The van der Waals surface area contributed by atoms with Crippen molar-refractivity contribution in [3.63, 3.8) is 0 Å². The van der Waals surface area contributed by atoms with Gasteiger partial charge < -0.3 is 15.0 Å². The van der Waals surface area contributed by atoms with Gasteiger partial charge in [-0.1, -0.05) is 0 Å². The van der Waals surface area contributed by atoms with E-state index in [4.69, 9.17) is 4.74 Å². The zero-order valence-electron chi connectivity index (χ0n) is 11.6. The lowest BCUT2D eigenvalue weighted by atomic mass is 10.3. The predicted molar refractivity (Wildman–Crippen MR) is 79.8 cm³/mol. The van der Waals surface area contributed by atoms with Gasteiger partial charge in [0.1, 0.15) is 5.75 Å². The van der Waals surface area contributed by atoms with E-state index in [0.717, 1.165) is 31.1 Å². The minimum atomic E-state index is 0.918. The van der Waals surface area contributed by atoms with E-state index in [-0.39, 0.29) is 0 Å². The molecule has 0 unspecified atom stereocenters. The smallest absolute Gasteiger partial charge is 0.118 e. The first-order chi connectivity index (χ1) is 8.72. The van der Waals surface area contributed by atoms with Crippen molar-refractivity contribution in [2.75, 3.05) is 46.6 Å². The predicted octanol–water partition coefficient (Wildman–Crippen LogP) is 2.33. The van der Waals surface area contributed by atoms with Crippen molar-refractivity contribution in [3.8, 4) is 5.75 Å². The van der Waals surface area contributed by atoms with Crippen molar-refractivity contribution < 1.29 is 4.74 Å². The van der Waals surface area contributed by atoms with E-state index in [1.54, 1.807) is 7.11 Å². The van der Waals surface area contributed by atoms with Gasteiger partial charge >= 0.3 is 0 Å². The average Bonchev–Trinajstić information content (AvgIpc) is 2.38. The van der Waals surface area contributed by atoms with Crippen LogP contribution in [0.1, 0.15) is 6.42 Å². The van der Waals surface area contributed by atoms with Crippen LogP contribution in [-0.2, 0) is 0 Å². The molecule has 0 radical (unpaired) electrons. The van der Waals surface area contributed by atoms with E-state index in [1.807, 2.05) is 23.9 Å². The van der Waals surface area contributed by atoms with Crippen LogP contribution in [0.4, 0.5) is 0 Å². The Morgan fingerprint density at radius 1 is 1.17 bits per heavy atom. The maximum Gasteiger partial charge on any atom is 0.118 e. The fourth-order valence-corrected chi connectivity index (χ4v) is 2.37. The molecule has 0 atom stereocenters. The molecule has 1 rings (SSSR count). The maximum atomic E-state index is 5.13. The lowest BCUT2D eigenvalue weighted by molar-refractivity contribution is 0.396. The van der Waals surface area contributed by atoms with E-state index in [2.05, 4.69) is 36.4 Å². The Morgan fingerprint density at radius 3 is 2.50 bits per heavy atom. The van der Waals surface area contributed by atoms with Gasteiger partial charge in [-0.05, 0) is 57.9 Å². The van der Waals surface area contributed by atoms with Crippen LogP contribution in [0.3, 0.4) is 0 Å². The molecule has 0 aliphatic rings. The standard InChI is InChI=1S/C14H24N2OS/c1-16(2)11-4-9-15-10-12-18-14-7-5-13(17-3)6-8-14/h5-8,15H,4,9-12H2,1-3H3. The molecule has 0 bridgehead atoms. The van der Waals surface area contributed by atoms with Crippen molar-refractivity contribution in [2.24, 2.45) is 0 Å². The number of hydrogen-bond acceptors (Lipinski definition) is 4. The molecule has 0 amide bonds. The molecule has 0 saturated heterocycles. The highest BCUT2D eigenvalue weighted by Gasteiger charge is 1.95. The minimum Gasteiger partial charge on any atom is -0.497 e. The number of rotatable bonds is 9. The fourth-order valence-electron chi connectivity index (χ4n) is 1.56. The number of ether oxygens (including phenoxy) is 1. The molecule has 1 N–H and O–H groups in total. The van der Waals surface area contributed by atoms with Crippen molar-refractivity contribution in [1.29, 1.82) is 0 Å². The third-order valence-electron chi connectivity index (χ3n) is 2.57. The number of benzene rings is 1. The van der Waals surface area contributed by atoms with Gasteiger partial charge in [0.15, 0.2) is 0 Å². The summed E-state index contributed by atoms with van der Waals surface area (Å²) in [6.45, 7) is 3.31. The van der Waals surface area contributed by atoms with Gasteiger partial charge in [-0.2, -0.15) is 0 Å². The molecule has 102 valence electrons. The summed E-state index contributed by atoms with van der Waals surface area (Å²) in [4.78, 5) is 3.51. The molecule has 3 nitrogen and oxygen atoms in total. The Balaban J connectivity index is 2.03. The first kappa shape index (κ1) is 15.3. The molecule has 0 aromatic heterocycles. The van der Waals surface area contributed by atoms with Crippen LogP contribution >= 0.6 is 11.8 Å². The number of nitrogens with one attached hydrogen (secondary N) is 1. The second-order valence-electron chi connectivity index (χ2n) is 4.43. The maximum absolute atomic E-state index is 5.13. The molecule has 0 fully saturated rings. The van der Waals surface area contributed by atoms with Crippen LogP contribution in [0, 0.1) is 0 Å². The number of hydrogen-bond donors (Lipinski definition) is 1. The van der Waals surface area contributed by atoms with E-state index < -0.39 is 0 Å². The molecular formula is C14H24N2OS. The quantitative estimate of drug-likeness (QED) is 0.549. The molecule has 4 heteroatoms. The average molecular weight is 268 g/mol. The van der Waals surface area contributed by atoms with Gasteiger partial charge in [-0.25, -0.2) is 0 Å².